The summed E-state index contributed by atoms with van der Waals surface area (Å²) in [5.74, 6) is 0.624. The second kappa shape index (κ2) is 9.94. The van der Waals surface area contributed by atoms with Crippen molar-refractivity contribution < 1.29 is 18.0 Å². The van der Waals surface area contributed by atoms with Gasteiger partial charge < -0.3 is 11.1 Å². The maximum absolute atomic E-state index is 12.9. The van der Waals surface area contributed by atoms with Crippen molar-refractivity contribution in [3.8, 4) is 0 Å². The molecule has 1 heterocycles. The first kappa shape index (κ1) is 23.0. The van der Waals surface area contributed by atoms with Crippen LogP contribution in [0.1, 0.15) is 57.9 Å². The largest absolute Gasteiger partial charge is 0.416 e. The average Bonchev–Trinajstić information content (AvgIpc) is 2.72. The molecule has 1 aromatic carbocycles. The molecule has 29 heavy (non-hydrogen) atoms. The van der Waals surface area contributed by atoms with Crippen molar-refractivity contribution in [3.05, 3.63) is 36.0 Å². The van der Waals surface area contributed by atoms with Crippen LogP contribution in [0.5, 0.6) is 0 Å². The summed E-state index contributed by atoms with van der Waals surface area (Å²) in [6.07, 6.45) is 4.97. The van der Waals surface area contributed by atoms with Crippen molar-refractivity contribution in [2.24, 2.45) is 17.1 Å². The lowest BCUT2D eigenvalue weighted by Crippen LogP contribution is -2.29. The zero-order valence-corrected chi connectivity index (χ0v) is 17.1. The molecule has 0 bridgehead atoms. The standard InChI is InChI=1S/C21H27F3N2.CH3NO/c1-3-20(4-2)10-7-15(8-11-20)14-26-18-9-12-25-19-13-16(21(22,23)24)5-6-17(18)19;2-1-3/h5-6,9,12-13,15H,3-4,7-8,10-11,14H2,1-2H3,(H,25,26);1H,(H2,2,3). The molecule has 0 unspecified atom stereocenters. The molecular weight excluding hydrogens is 379 g/mol. The number of carbonyl (C=O) groups excluding carboxylic acids is 1. The van der Waals surface area contributed by atoms with Gasteiger partial charge in [0, 0.05) is 23.8 Å². The van der Waals surface area contributed by atoms with Gasteiger partial charge in [-0.25, -0.2) is 0 Å². The Morgan fingerprint density at radius 1 is 1.21 bits per heavy atom. The van der Waals surface area contributed by atoms with Gasteiger partial charge >= 0.3 is 6.18 Å². The van der Waals surface area contributed by atoms with Crippen molar-refractivity contribution in [1.29, 1.82) is 0 Å². The third-order valence-corrected chi connectivity index (χ3v) is 6.32. The number of halogens is 3. The van der Waals surface area contributed by atoms with Crippen LogP contribution in [0, 0.1) is 11.3 Å². The molecular formula is C22H30F3N3O. The number of benzene rings is 1. The Morgan fingerprint density at radius 2 is 1.83 bits per heavy atom. The van der Waals surface area contributed by atoms with Crippen molar-refractivity contribution in [3.63, 3.8) is 0 Å². The van der Waals surface area contributed by atoms with Crippen molar-refractivity contribution in [1.82, 2.24) is 4.98 Å². The Labute approximate surface area is 170 Å². The molecule has 1 saturated carbocycles. The van der Waals surface area contributed by atoms with Crippen LogP contribution >= 0.6 is 0 Å². The predicted molar refractivity (Wildman–Crippen MR) is 110 cm³/mol. The van der Waals surface area contributed by atoms with Crippen molar-refractivity contribution in [2.75, 3.05) is 11.9 Å². The van der Waals surface area contributed by atoms with Gasteiger partial charge in [0.05, 0.1) is 11.1 Å². The number of hydrogen-bond donors (Lipinski definition) is 2. The van der Waals surface area contributed by atoms with E-state index >= 15 is 0 Å². The van der Waals surface area contributed by atoms with Gasteiger partial charge in [0.1, 0.15) is 0 Å². The number of amides is 1. The number of fused-ring (bicyclic) bond motifs is 1. The molecule has 1 aliphatic rings. The van der Waals surface area contributed by atoms with E-state index < -0.39 is 11.7 Å². The van der Waals surface area contributed by atoms with E-state index in [9.17, 15) is 13.2 Å². The fraction of sp³-hybridized carbons (Fsp3) is 0.545. The zero-order chi connectivity index (χ0) is 21.5. The quantitative estimate of drug-likeness (QED) is 0.617. The maximum atomic E-state index is 12.9. The Morgan fingerprint density at radius 3 is 2.38 bits per heavy atom. The zero-order valence-electron chi connectivity index (χ0n) is 17.1. The van der Waals surface area contributed by atoms with E-state index in [1.807, 2.05) is 6.07 Å². The fourth-order valence-electron chi connectivity index (χ4n) is 4.18. The summed E-state index contributed by atoms with van der Waals surface area (Å²) in [6.45, 7) is 5.45. The molecule has 3 N–H and O–H groups in total. The van der Waals surface area contributed by atoms with E-state index in [1.54, 1.807) is 6.20 Å². The van der Waals surface area contributed by atoms with Crippen LogP contribution in [0.4, 0.5) is 18.9 Å². The molecule has 0 saturated heterocycles. The van der Waals surface area contributed by atoms with Gasteiger partial charge in [-0.2, -0.15) is 13.2 Å². The van der Waals surface area contributed by atoms with Crippen LogP contribution in [0.2, 0.25) is 0 Å². The third kappa shape index (κ3) is 5.84. The first-order chi connectivity index (χ1) is 13.8. The highest BCUT2D eigenvalue weighted by molar-refractivity contribution is 5.91. The van der Waals surface area contributed by atoms with Crippen LogP contribution in [0.15, 0.2) is 30.5 Å². The number of carbonyl (C=O) groups is 1. The molecule has 4 nitrogen and oxygen atoms in total. The fourth-order valence-corrected chi connectivity index (χ4v) is 4.18. The summed E-state index contributed by atoms with van der Waals surface area (Å²) in [6, 6.07) is 5.62. The lowest BCUT2D eigenvalue weighted by Gasteiger charge is -2.39. The highest BCUT2D eigenvalue weighted by Gasteiger charge is 2.32. The topological polar surface area (TPSA) is 68.0 Å². The molecule has 2 aromatic rings. The summed E-state index contributed by atoms with van der Waals surface area (Å²) in [5, 5.41) is 4.20. The highest BCUT2D eigenvalue weighted by atomic mass is 19.4. The molecule has 1 aromatic heterocycles. The second-order valence-corrected chi connectivity index (χ2v) is 7.76. The molecule has 1 aliphatic carbocycles. The maximum Gasteiger partial charge on any atom is 0.416 e. The normalized spacial score (nSPS) is 16.7. The number of pyridine rings is 1. The lowest BCUT2D eigenvalue weighted by atomic mass is 9.67. The predicted octanol–water partition coefficient (Wildman–Crippen LogP) is 5.76. The van der Waals surface area contributed by atoms with Gasteiger partial charge in [-0.15, -0.1) is 0 Å². The van der Waals surface area contributed by atoms with Crippen LogP contribution in [0.3, 0.4) is 0 Å². The number of nitrogens with two attached hydrogens (primary N) is 1. The molecule has 1 amide bonds. The number of rotatable bonds is 5. The van der Waals surface area contributed by atoms with E-state index in [1.165, 1.54) is 44.6 Å². The van der Waals surface area contributed by atoms with Gasteiger partial charge in [0.2, 0.25) is 6.41 Å². The van der Waals surface area contributed by atoms with Gasteiger partial charge in [-0.1, -0.05) is 32.8 Å². The van der Waals surface area contributed by atoms with Crippen LogP contribution < -0.4 is 11.1 Å². The molecule has 0 atom stereocenters. The van der Waals surface area contributed by atoms with Crippen molar-refractivity contribution >= 4 is 23.0 Å². The molecule has 0 spiro atoms. The number of hydrogen-bond acceptors (Lipinski definition) is 3. The van der Waals surface area contributed by atoms with E-state index in [-0.39, 0.29) is 6.41 Å². The number of aromatic nitrogens is 1. The van der Waals surface area contributed by atoms with E-state index in [2.05, 4.69) is 29.9 Å². The van der Waals surface area contributed by atoms with Gasteiger partial charge in [-0.3, -0.25) is 9.78 Å². The Balaban J connectivity index is 0.000000941. The number of nitrogens with one attached hydrogen (secondary N) is 1. The molecule has 160 valence electrons. The number of primary amides is 1. The van der Waals surface area contributed by atoms with Gasteiger partial charge in [0.25, 0.3) is 0 Å². The average molecular weight is 409 g/mol. The Kier molecular flexibility index (Phi) is 7.88. The minimum absolute atomic E-state index is 0.250. The summed E-state index contributed by atoms with van der Waals surface area (Å²) in [7, 11) is 0. The highest BCUT2D eigenvalue weighted by Crippen LogP contribution is 2.44. The van der Waals surface area contributed by atoms with E-state index in [4.69, 9.17) is 4.79 Å². The van der Waals surface area contributed by atoms with Crippen LogP contribution in [-0.2, 0) is 11.0 Å². The lowest BCUT2D eigenvalue weighted by molar-refractivity contribution is -0.137. The van der Waals surface area contributed by atoms with Gasteiger partial charge in [0.15, 0.2) is 0 Å². The smallest absolute Gasteiger partial charge is 0.384 e. The minimum Gasteiger partial charge on any atom is -0.384 e. The SMILES string of the molecule is CCC1(CC)CCC(CNc2ccnc3cc(C(F)(F)F)ccc23)CC1.NC=O. The summed E-state index contributed by atoms with van der Waals surface area (Å²) in [4.78, 5) is 12.7. The first-order valence-electron chi connectivity index (χ1n) is 10.1. The number of nitrogens with zero attached hydrogens (tertiary/aromatic N) is 1. The monoisotopic (exact) mass is 409 g/mol. The van der Waals surface area contributed by atoms with Gasteiger partial charge in [-0.05, 0) is 55.2 Å². The molecule has 0 radical (unpaired) electrons. The van der Waals surface area contributed by atoms with Crippen LogP contribution in [-0.4, -0.2) is 17.9 Å². The summed E-state index contributed by atoms with van der Waals surface area (Å²) < 4.78 is 38.7. The Hall–Kier alpha value is -2.31. The summed E-state index contributed by atoms with van der Waals surface area (Å²) in [5.41, 5.74) is 5.28. The molecule has 1 fully saturated rings. The van der Waals surface area contributed by atoms with Crippen molar-refractivity contribution in [2.45, 2.75) is 58.5 Å². The molecule has 3 rings (SSSR count). The minimum atomic E-state index is -4.34. The summed E-state index contributed by atoms with van der Waals surface area (Å²) >= 11 is 0. The number of anilines is 1. The first-order valence-corrected chi connectivity index (χ1v) is 10.1. The molecule has 7 heteroatoms. The third-order valence-electron chi connectivity index (χ3n) is 6.32. The van der Waals surface area contributed by atoms with E-state index in [0.717, 1.165) is 29.8 Å². The van der Waals surface area contributed by atoms with E-state index in [0.29, 0.717) is 16.8 Å². The molecule has 0 aliphatic heterocycles. The van der Waals surface area contributed by atoms with Crippen LogP contribution in [0.25, 0.3) is 10.9 Å². The second-order valence-electron chi connectivity index (χ2n) is 7.76. The number of alkyl halides is 3. The Bertz CT molecular complexity index is 793.